The fraction of sp³-hybridized carbons (Fsp3) is 0.333. The van der Waals surface area contributed by atoms with Crippen molar-refractivity contribution in [2.45, 2.75) is 0 Å². The monoisotopic (exact) mass is 495 g/mol. The van der Waals surface area contributed by atoms with Crippen LogP contribution < -0.4 is 9.80 Å². The molecule has 188 valence electrons. The lowest BCUT2D eigenvalue weighted by atomic mass is 10.0. The second-order valence-electron chi connectivity index (χ2n) is 9.79. The van der Waals surface area contributed by atoms with Crippen molar-refractivity contribution >= 4 is 33.3 Å². The van der Waals surface area contributed by atoms with Crippen molar-refractivity contribution in [3.05, 3.63) is 49.1 Å². The summed E-state index contributed by atoms with van der Waals surface area (Å²) in [6, 6.07) is 8.55. The van der Waals surface area contributed by atoms with Gasteiger partial charge in [0.2, 0.25) is 0 Å². The Labute approximate surface area is 214 Å². The first-order chi connectivity index (χ1) is 18.2. The molecule has 2 saturated heterocycles. The molecule has 37 heavy (non-hydrogen) atoms. The molecule has 5 aromatic rings. The quantitative estimate of drug-likeness (QED) is 0.392. The van der Waals surface area contributed by atoms with Gasteiger partial charge >= 0.3 is 0 Å². The standard InChI is InChI=1S/C27H29N9O/c1-34-4-6-36(7-5-34)24-17-29-16-23-26(24)31-27(30-23)25-21-13-18(2-3-22(21)32-33-25)19-12-20(15-28-14-19)35-8-10-37-11-9-35/h2-3,12-17H,4-11H2,1H3,(H,30,31)(H,32,33). The number of ether oxygens (including phenoxy) is 1. The lowest BCUT2D eigenvalue weighted by molar-refractivity contribution is 0.122. The number of rotatable bonds is 4. The highest BCUT2D eigenvalue weighted by molar-refractivity contribution is 5.97. The molecule has 0 unspecified atom stereocenters. The van der Waals surface area contributed by atoms with Gasteiger partial charge in [0.1, 0.15) is 11.2 Å². The van der Waals surface area contributed by atoms with Crippen LogP contribution in [0.2, 0.25) is 0 Å². The molecule has 0 bridgehead atoms. The molecule has 10 nitrogen and oxygen atoms in total. The number of fused-ring (bicyclic) bond motifs is 2. The number of pyridine rings is 2. The van der Waals surface area contributed by atoms with E-state index < -0.39 is 0 Å². The smallest absolute Gasteiger partial charge is 0.159 e. The summed E-state index contributed by atoms with van der Waals surface area (Å²) in [6.45, 7) is 7.25. The van der Waals surface area contributed by atoms with E-state index >= 15 is 0 Å². The van der Waals surface area contributed by atoms with Crippen LogP contribution in [0.3, 0.4) is 0 Å². The number of hydrogen-bond donors (Lipinski definition) is 2. The molecule has 1 aromatic carbocycles. The van der Waals surface area contributed by atoms with Gasteiger partial charge in [0.05, 0.1) is 54.2 Å². The lowest BCUT2D eigenvalue weighted by Gasteiger charge is -2.33. The number of likely N-dealkylation sites (N-methyl/N-ethyl adjacent to an activating group) is 1. The van der Waals surface area contributed by atoms with Gasteiger partial charge in [-0.15, -0.1) is 0 Å². The third-order valence-electron chi connectivity index (χ3n) is 7.44. The van der Waals surface area contributed by atoms with E-state index in [9.17, 15) is 0 Å². The van der Waals surface area contributed by atoms with Crippen LogP contribution in [-0.2, 0) is 4.74 Å². The summed E-state index contributed by atoms with van der Waals surface area (Å²) in [5, 5.41) is 8.83. The average Bonchev–Trinajstić information content (AvgIpc) is 3.58. The number of nitrogens with one attached hydrogen (secondary N) is 2. The van der Waals surface area contributed by atoms with Gasteiger partial charge in [-0.05, 0) is 30.8 Å². The largest absolute Gasteiger partial charge is 0.378 e. The molecular formula is C27H29N9O. The van der Waals surface area contributed by atoms with Crippen molar-refractivity contribution in [3.63, 3.8) is 0 Å². The predicted molar refractivity (Wildman–Crippen MR) is 145 cm³/mol. The molecule has 0 saturated carbocycles. The Kier molecular flexibility index (Phi) is 5.48. The number of aromatic amines is 2. The third-order valence-corrected chi connectivity index (χ3v) is 7.44. The normalized spacial score (nSPS) is 17.2. The fourth-order valence-electron chi connectivity index (χ4n) is 5.26. The van der Waals surface area contributed by atoms with Gasteiger partial charge in [0.25, 0.3) is 0 Å². The van der Waals surface area contributed by atoms with Crippen molar-refractivity contribution in [3.8, 4) is 22.6 Å². The van der Waals surface area contributed by atoms with Crippen LogP contribution in [0.15, 0.2) is 49.1 Å². The van der Waals surface area contributed by atoms with Crippen LogP contribution in [0, 0.1) is 0 Å². The number of aromatic nitrogens is 6. The SMILES string of the molecule is CN1CCN(c2cncc3[nH]c(-c4n[nH]c5ccc(-c6cncc(N7CCOCC7)c6)cc45)nc23)CC1. The van der Waals surface area contributed by atoms with E-state index in [1.165, 1.54) is 0 Å². The van der Waals surface area contributed by atoms with Crippen LogP contribution in [0.25, 0.3) is 44.6 Å². The Morgan fingerprint density at radius 1 is 0.811 bits per heavy atom. The summed E-state index contributed by atoms with van der Waals surface area (Å²) in [7, 11) is 2.16. The summed E-state index contributed by atoms with van der Waals surface area (Å²) in [4.78, 5) is 24.5. The van der Waals surface area contributed by atoms with Crippen LogP contribution >= 0.6 is 0 Å². The molecule has 0 radical (unpaired) electrons. The maximum absolute atomic E-state index is 5.51. The molecule has 0 atom stereocenters. The zero-order chi connectivity index (χ0) is 24.8. The van der Waals surface area contributed by atoms with Gasteiger partial charge in [-0.25, -0.2) is 4.98 Å². The van der Waals surface area contributed by atoms with Crippen molar-refractivity contribution in [2.75, 3.05) is 69.3 Å². The first-order valence-corrected chi connectivity index (χ1v) is 12.8. The van der Waals surface area contributed by atoms with E-state index in [0.29, 0.717) is 0 Å². The van der Waals surface area contributed by atoms with Crippen LogP contribution in [0.4, 0.5) is 11.4 Å². The van der Waals surface area contributed by atoms with Gasteiger partial charge in [-0.3, -0.25) is 15.1 Å². The number of imidazole rings is 1. The Morgan fingerprint density at radius 3 is 2.51 bits per heavy atom. The fourth-order valence-corrected chi connectivity index (χ4v) is 5.26. The Balaban J connectivity index is 1.25. The Bertz CT molecular complexity index is 1560. The zero-order valence-electron chi connectivity index (χ0n) is 20.8. The highest BCUT2D eigenvalue weighted by atomic mass is 16.5. The van der Waals surface area contributed by atoms with E-state index in [0.717, 1.165) is 108 Å². The molecule has 2 aliphatic heterocycles. The summed E-state index contributed by atoms with van der Waals surface area (Å²) < 4.78 is 5.51. The molecule has 4 aromatic heterocycles. The second-order valence-corrected chi connectivity index (χ2v) is 9.79. The minimum Gasteiger partial charge on any atom is -0.378 e. The van der Waals surface area contributed by atoms with E-state index in [2.05, 4.69) is 71.2 Å². The van der Waals surface area contributed by atoms with E-state index in [-0.39, 0.29) is 0 Å². The first-order valence-electron chi connectivity index (χ1n) is 12.8. The highest BCUT2D eigenvalue weighted by Crippen LogP contribution is 2.33. The lowest BCUT2D eigenvalue weighted by Crippen LogP contribution is -2.44. The van der Waals surface area contributed by atoms with Gasteiger partial charge in [-0.2, -0.15) is 5.10 Å². The number of piperazine rings is 1. The molecule has 0 amide bonds. The van der Waals surface area contributed by atoms with Gasteiger partial charge < -0.3 is 24.4 Å². The van der Waals surface area contributed by atoms with Gasteiger partial charge in [0.15, 0.2) is 5.82 Å². The third kappa shape index (κ3) is 4.08. The number of hydrogen-bond acceptors (Lipinski definition) is 8. The maximum Gasteiger partial charge on any atom is 0.159 e. The van der Waals surface area contributed by atoms with Gasteiger partial charge in [0, 0.05) is 56.4 Å². The molecule has 0 aliphatic carbocycles. The molecule has 2 aliphatic rings. The molecule has 2 N–H and O–H groups in total. The zero-order valence-corrected chi connectivity index (χ0v) is 20.8. The predicted octanol–water partition coefficient (Wildman–Crippen LogP) is 3.15. The topological polar surface area (TPSA) is 102 Å². The second kappa shape index (κ2) is 9.13. The molecular weight excluding hydrogens is 466 g/mol. The first kappa shape index (κ1) is 22.2. The van der Waals surface area contributed by atoms with Crippen molar-refractivity contribution in [1.29, 1.82) is 0 Å². The van der Waals surface area contributed by atoms with Crippen LogP contribution in [-0.4, -0.2) is 94.6 Å². The Hall–Kier alpha value is -4.02. The van der Waals surface area contributed by atoms with Crippen LogP contribution in [0.1, 0.15) is 0 Å². The molecule has 0 spiro atoms. The summed E-state index contributed by atoms with van der Waals surface area (Å²) in [6.07, 6.45) is 7.61. The van der Waals surface area contributed by atoms with E-state index in [1.54, 1.807) is 0 Å². The Morgan fingerprint density at radius 2 is 1.65 bits per heavy atom. The summed E-state index contributed by atoms with van der Waals surface area (Å²) in [5.74, 6) is 0.738. The van der Waals surface area contributed by atoms with E-state index in [1.807, 2.05) is 24.8 Å². The highest BCUT2D eigenvalue weighted by Gasteiger charge is 2.21. The number of nitrogens with zero attached hydrogens (tertiary/aromatic N) is 7. The summed E-state index contributed by atoms with van der Waals surface area (Å²) in [5.41, 5.74) is 7.97. The minimum absolute atomic E-state index is 0.738. The van der Waals surface area contributed by atoms with Gasteiger partial charge in [-0.1, -0.05) is 6.07 Å². The van der Waals surface area contributed by atoms with Crippen molar-refractivity contribution in [1.82, 2.24) is 35.0 Å². The maximum atomic E-state index is 5.51. The molecule has 6 heterocycles. The molecule has 7 rings (SSSR count). The molecule has 2 fully saturated rings. The molecule has 10 heteroatoms. The number of anilines is 2. The minimum atomic E-state index is 0.738. The van der Waals surface area contributed by atoms with Crippen LogP contribution in [0.5, 0.6) is 0 Å². The van der Waals surface area contributed by atoms with Crippen molar-refractivity contribution in [2.24, 2.45) is 0 Å². The van der Waals surface area contributed by atoms with E-state index in [4.69, 9.17) is 9.72 Å². The number of morpholine rings is 1. The number of benzene rings is 1. The van der Waals surface area contributed by atoms with Crippen molar-refractivity contribution < 1.29 is 4.74 Å². The summed E-state index contributed by atoms with van der Waals surface area (Å²) >= 11 is 0. The average molecular weight is 496 g/mol. The number of H-pyrrole nitrogens is 2.